The Morgan fingerprint density at radius 3 is 2.53 bits per heavy atom. The van der Waals surface area contributed by atoms with E-state index in [9.17, 15) is 4.79 Å². The second-order valence-corrected chi connectivity index (χ2v) is 7.95. The minimum Gasteiger partial charge on any atom is -0.495 e. The number of thiazole rings is 1. The van der Waals surface area contributed by atoms with E-state index in [1.807, 2.05) is 6.07 Å². The van der Waals surface area contributed by atoms with Crippen molar-refractivity contribution < 1.29 is 28.5 Å². The number of carbonyl (C=O) groups excluding carboxylic acids is 1. The Hall–Kier alpha value is -3.18. The summed E-state index contributed by atoms with van der Waals surface area (Å²) < 4.78 is 27.9. The molecule has 170 valence electrons. The number of carbonyl (C=O) groups is 1. The Labute approximate surface area is 189 Å². The molecule has 11 heteroatoms. The molecule has 1 amide bonds. The van der Waals surface area contributed by atoms with Gasteiger partial charge >= 0.3 is 6.01 Å². The number of aromatic nitrogens is 3. The molecular weight excluding hydrogens is 436 g/mol. The Balaban J connectivity index is 1.80. The van der Waals surface area contributed by atoms with Crippen LogP contribution in [0.1, 0.15) is 23.3 Å². The molecule has 3 aromatic rings. The Morgan fingerprint density at radius 2 is 1.88 bits per heavy atom. The van der Waals surface area contributed by atoms with E-state index in [2.05, 4.69) is 9.97 Å². The number of hydrogen-bond acceptors (Lipinski definition) is 10. The van der Waals surface area contributed by atoms with Crippen LogP contribution in [0.25, 0.3) is 10.2 Å². The fourth-order valence-electron chi connectivity index (χ4n) is 3.48. The SMILES string of the molecule is COc1cc(C(=O)N(CC2CCCO2)c2nc3c(OC)ccc(OC)c3s2)nc(OC)n1. The quantitative estimate of drug-likeness (QED) is 0.502. The summed E-state index contributed by atoms with van der Waals surface area (Å²) in [5.41, 5.74) is 0.750. The van der Waals surface area contributed by atoms with Gasteiger partial charge in [-0.2, -0.15) is 9.97 Å². The van der Waals surface area contributed by atoms with Crippen molar-refractivity contribution in [2.75, 3.05) is 46.5 Å². The molecule has 1 saturated heterocycles. The molecule has 4 rings (SSSR count). The molecule has 3 heterocycles. The van der Waals surface area contributed by atoms with Gasteiger partial charge in [-0.25, -0.2) is 4.98 Å². The topological polar surface area (TPSA) is 105 Å². The van der Waals surface area contributed by atoms with Gasteiger partial charge in [0.1, 0.15) is 27.4 Å². The predicted molar refractivity (Wildman–Crippen MR) is 119 cm³/mol. The van der Waals surface area contributed by atoms with Gasteiger partial charge in [0.15, 0.2) is 5.13 Å². The number of nitrogens with zero attached hydrogens (tertiary/aromatic N) is 4. The van der Waals surface area contributed by atoms with E-state index in [0.29, 0.717) is 35.3 Å². The summed E-state index contributed by atoms with van der Waals surface area (Å²) in [6.07, 6.45) is 1.71. The summed E-state index contributed by atoms with van der Waals surface area (Å²) in [4.78, 5) is 28.2. The summed E-state index contributed by atoms with van der Waals surface area (Å²) in [5.74, 6) is 1.11. The number of fused-ring (bicyclic) bond motifs is 1. The average molecular weight is 461 g/mol. The zero-order valence-electron chi connectivity index (χ0n) is 18.3. The first-order chi connectivity index (χ1) is 15.6. The van der Waals surface area contributed by atoms with E-state index in [4.69, 9.17) is 28.7 Å². The van der Waals surface area contributed by atoms with Crippen molar-refractivity contribution in [2.45, 2.75) is 18.9 Å². The Kier molecular flexibility index (Phi) is 6.56. The van der Waals surface area contributed by atoms with Crippen LogP contribution in [0.3, 0.4) is 0 Å². The van der Waals surface area contributed by atoms with Crippen LogP contribution < -0.4 is 23.8 Å². The van der Waals surface area contributed by atoms with E-state index in [-0.39, 0.29) is 29.6 Å². The fourth-order valence-corrected chi connectivity index (χ4v) is 4.56. The predicted octanol–water partition coefficient (Wildman–Crippen LogP) is 2.95. The van der Waals surface area contributed by atoms with Crippen LogP contribution in [0.5, 0.6) is 23.4 Å². The monoisotopic (exact) mass is 460 g/mol. The third kappa shape index (κ3) is 4.26. The van der Waals surface area contributed by atoms with Gasteiger partial charge in [-0.15, -0.1) is 0 Å². The highest BCUT2D eigenvalue weighted by Gasteiger charge is 2.29. The Morgan fingerprint density at radius 1 is 1.09 bits per heavy atom. The maximum absolute atomic E-state index is 13.6. The van der Waals surface area contributed by atoms with Crippen LogP contribution in [0.2, 0.25) is 0 Å². The van der Waals surface area contributed by atoms with Crippen molar-refractivity contribution in [3.63, 3.8) is 0 Å². The van der Waals surface area contributed by atoms with Gasteiger partial charge in [0.25, 0.3) is 5.91 Å². The first kappa shape index (κ1) is 22.0. The zero-order chi connectivity index (χ0) is 22.7. The van der Waals surface area contributed by atoms with Gasteiger partial charge in [-0.1, -0.05) is 11.3 Å². The van der Waals surface area contributed by atoms with E-state index in [0.717, 1.165) is 17.5 Å². The smallest absolute Gasteiger partial charge is 0.320 e. The molecule has 1 aromatic carbocycles. The van der Waals surface area contributed by atoms with E-state index >= 15 is 0 Å². The van der Waals surface area contributed by atoms with Crippen LogP contribution in [-0.2, 0) is 4.74 Å². The second-order valence-electron chi connectivity index (χ2n) is 6.98. The molecule has 0 aliphatic carbocycles. The van der Waals surface area contributed by atoms with Crippen molar-refractivity contribution >= 4 is 32.6 Å². The van der Waals surface area contributed by atoms with Crippen LogP contribution >= 0.6 is 11.3 Å². The first-order valence-electron chi connectivity index (χ1n) is 10.00. The standard InChI is InChI=1S/C21H24N4O6S/c1-27-14-7-8-15(28-2)18-17(14)24-21(32-18)25(11-12-6-5-9-31-12)19(26)13-10-16(29-3)23-20(22-13)30-4/h7-8,10,12H,5-6,9,11H2,1-4H3. The van der Waals surface area contributed by atoms with E-state index in [1.54, 1.807) is 25.2 Å². The molecule has 0 saturated carbocycles. The molecule has 0 radical (unpaired) electrons. The van der Waals surface area contributed by atoms with E-state index in [1.165, 1.54) is 31.6 Å². The van der Waals surface area contributed by atoms with Gasteiger partial charge in [0, 0.05) is 12.7 Å². The van der Waals surface area contributed by atoms with Gasteiger partial charge < -0.3 is 23.7 Å². The third-order valence-electron chi connectivity index (χ3n) is 5.08. The lowest BCUT2D eigenvalue weighted by atomic mass is 10.2. The molecule has 0 N–H and O–H groups in total. The van der Waals surface area contributed by atoms with Crippen LogP contribution in [0.4, 0.5) is 5.13 Å². The lowest BCUT2D eigenvalue weighted by Gasteiger charge is -2.22. The van der Waals surface area contributed by atoms with Crippen molar-refractivity contribution in [3.8, 4) is 23.4 Å². The highest BCUT2D eigenvalue weighted by molar-refractivity contribution is 7.22. The van der Waals surface area contributed by atoms with Crippen LogP contribution in [0, 0.1) is 0 Å². The Bertz CT molecular complexity index is 1050. The molecule has 32 heavy (non-hydrogen) atoms. The number of amides is 1. The number of rotatable bonds is 8. The molecular formula is C21H24N4O6S. The number of benzene rings is 1. The molecule has 1 fully saturated rings. The maximum atomic E-state index is 13.6. The lowest BCUT2D eigenvalue weighted by Crippen LogP contribution is -2.38. The van der Waals surface area contributed by atoms with Crippen LogP contribution in [-0.4, -0.2) is 68.6 Å². The highest BCUT2D eigenvalue weighted by atomic mass is 32.1. The fraction of sp³-hybridized carbons (Fsp3) is 0.429. The van der Waals surface area contributed by atoms with Crippen molar-refractivity contribution in [2.24, 2.45) is 0 Å². The second kappa shape index (κ2) is 9.53. The summed E-state index contributed by atoms with van der Waals surface area (Å²) in [7, 11) is 6.07. The largest absolute Gasteiger partial charge is 0.495 e. The summed E-state index contributed by atoms with van der Waals surface area (Å²) in [6, 6.07) is 5.12. The van der Waals surface area contributed by atoms with Crippen molar-refractivity contribution in [1.82, 2.24) is 15.0 Å². The molecule has 1 unspecified atom stereocenters. The normalized spacial score (nSPS) is 15.6. The zero-order valence-corrected chi connectivity index (χ0v) is 19.1. The highest BCUT2D eigenvalue weighted by Crippen LogP contribution is 2.40. The third-order valence-corrected chi connectivity index (χ3v) is 6.17. The summed E-state index contributed by atoms with van der Waals surface area (Å²) in [5, 5.41) is 0.486. The number of ether oxygens (including phenoxy) is 5. The van der Waals surface area contributed by atoms with Gasteiger partial charge in [-0.05, 0) is 25.0 Å². The summed E-state index contributed by atoms with van der Waals surface area (Å²) in [6.45, 7) is 1.00. The van der Waals surface area contributed by atoms with Crippen LogP contribution in [0.15, 0.2) is 18.2 Å². The first-order valence-corrected chi connectivity index (χ1v) is 10.8. The van der Waals surface area contributed by atoms with Gasteiger partial charge in [0.2, 0.25) is 5.88 Å². The number of anilines is 1. The minimum atomic E-state index is -0.364. The number of methoxy groups -OCH3 is 4. The summed E-state index contributed by atoms with van der Waals surface area (Å²) >= 11 is 1.34. The van der Waals surface area contributed by atoms with Gasteiger partial charge in [-0.3, -0.25) is 9.69 Å². The molecule has 1 aliphatic rings. The van der Waals surface area contributed by atoms with E-state index < -0.39 is 0 Å². The number of hydrogen-bond donors (Lipinski definition) is 0. The molecule has 2 aromatic heterocycles. The lowest BCUT2D eigenvalue weighted by molar-refractivity contribution is 0.0912. The van der Waals surface area contributed by atoms with Crippen molar-refractivity contribution in [1.29, 1.82) is 0 Å². The molecule has 1 aliphatic heterocycles. The van der Waals surface area contributed by atoms with Gasteiger partial charge in [0.05, 0.1) is 41.1 Å². The molecule has 0 spiro atoms. The average Bonchev–Trinajstić information content (AvgIpc) is 3.51. The molecule has 0 bridgehead atoms. The minimum absolute atomic E-state index is 0.0393. The molecule has 1 atom stereocenters. The van der Waals surface area contributed by atoms with Crippen molar-refractivity contribution in [3.05, 3.63) is 23.9 Å². The molecule has 10 nitrogen and oxygen atoms in total. The maximum Gasteiger partial charge on any atom is 0.320 e.